The first kappa shape index (κ1) is 14.9. The molecule has 2 aromatic carbocycles. The average Bonchev–Trinajstić information content (AvgIpc) is 2.38. The van der Waals surface area contributed by atoms with Crippen LogP contribution in [0.5, 0.6) is 0 Å². The minimum atomic E-state index is -0.205. The predicted octanol–water partition coefficient (Wildman–Crippen LogP) is 4.83. The second-order valence-electron chi connectivity index (χ2n) is 4.98. The molecule has 0 aromatic heterocycles. The van der Waals surface area contributed by atoms with E-state index in [4.69, 9.17) is 0 Å². The third kappa shape index (κ3) is 3.51. The summed E-state index contributed by atoms with van der Waals surface area (Å²) in [5.74, 6) is -0.205. The van der Waals surface area contributed by atoms with Crippen molar-refractivity contribution in [2.24, 2.45) is 0 Å². The van der Waals surface area contributed by atoms with Gasteiger partial charge in [0.05, 0.1) is 6.04 Å². The number of nitrogens with one attached hydrogen (secondary N) is 1. The Morgan fingerprint density at radius 1 is 1.15 bits per heavy atom. The number of benzene rings is 2. The van der Waals surface area contributed by atoms with Gasteiger partial charge in [-0.3, -0.25) is 0 Å². The van der Waals surface area contributed by atoms with Gasteiger partial charge in [-0.25, -0.2) is 4.39 Å². The summed E-state index contributed by atoms with van der Waals surface area (Å²) in [6.45, 7) is 1.95. The highest BCUT2D eigenvalue weighted by molar-refractivity contribution is 9.10. The van der Waals surface area contributed by atoms with Gasteiger partial charge < -0.3 is 10.2 Å². The van der Waals surface area contributed by atoms with Crippen LogP contribution < -0.4 is 10.2 Å². The topological polar surface area (TPSA) is 15.3 Å². The smallest absolute Gasteiger partial charge is 0.129 e. The first-order chi connectivity index (χ1) is 9.47. The van der Waals surface area contributed by atoms with E-state index in [-0.39, 0.29) is 11.9 Å². The van der Waals surface area contributed by atoms with E-state index >= 15 is 0 Å². The molecule has 0 bridgehead atoms. The lowest BCUT2D eigenvalue weighted by atomic mass is 10.1. The van der Waals surface area contributed by atoms with Crippen LogP contribution in [-0.2, 0) is 0 Å². The van der Waals surface area contributed by atoms with Crippen LogP contribution in [0.1, 0.15) is 18.5 Å². The van der Waals surface area contributed by atoms with Gasteiger partial charge in [0.25, 0.3) is 0 Å². The molecule has 2 aromatic rings. The number of hydrogen-bond acceptors (Lipinski definition) is 2. The molecule has 1 atom stereocenters. The molecule has 0 spiro atoms. The van der Waals surface area contributed by atoms with Gasteiger partial charge in [-0.1, -0.05) is 28.1 Å². The van der Waals surface area contributed by atoms with Crippen molar-refractivity contribution in [2.75, 3.05) is 24.3 Å². The fourth-order valence-corrected chi connectivity index (χ4v) is 2.39. The highest BCUT2D eigenvalue weighted by atomic mass is 79.9. The largest absolute Gasteiger partial charge is 0.378 e. The highest BCUT2D eigenvalue weighted by Gasteiger charge is 2.11. The van der Waals surface area contributed by atoms with Gasteiger partial charge >= 0.3 is 0 Å². The molecular weight excluding hydrogens is 319 g/mol. The zero-order valence-electron chi connectivity index (χ0n) is 11.8. The molecule has 0 aliphatic carbocycles. The van der Waals surface area contributed by atoms with Gasteiger partial charge in [0.15, 0.2) is 0 Å². The van der Waals surface area contributed by atoms with Crippen LogP contribution >= 0.6 is 15.9 Å². The van der Waals surface area contributed by atoms with Gasteiger partial charge in [-0.2, -0.15) is 0 Å². The van der Waals surface area contributed by atoms with E-state index < -0.39 is 0 Å². The maximum Gasteiger partial charge on any atom is 0.129 e. The summed E-state index contributed by atoms with van der Waals surface area (Å²) >= 11 is 3.27. The second kappa shape index (κ2) is 6.27. The van der Waals surface area contributed by atoms with E-state index in [1.165, 1.54) is 6.07 Å². The number of anilines is 2. The molecule has 0 radical (unpaired) electrons. The lowest BCUT2D eigenvalue weighted by Gasteiger charge is -2.19. The van der Waals surface area contributed by atoms with Crippen LogP contribution in [0.25, 0.3) is 0 Å². The minimum Gasteiger partial charge on any atom is -0.378 e. The zero-order chi connectivity index (χ0) is 14.7. The Bertz CT molecular complexity index is 599. The average molecular weight is 337 g/mol. The van der Waals surface area contributed by atoms with Crippen molar-refractivity contribution in [3.8, 4) is 0 Å². The van der Waals surface area contributed by atoms with Gasteiger partial charge in [0.1, 0.15) is 5.82 Å². The van der Waals surface area contributed by atoms with E-state index in [1.54, 1.807) is 6.07 Å². The normalized spacial score (nSPS) is 12.1. The Morgan fingerprint density at radius 3 is 2.55 bits per heavy atom. The monoisotopic (exact) mass is 336 g/mol. The SMILES string of the molecule is CC(Nc1cccc(N(C)C)c1)c1ccc(Br)cc1F. The Hall–Kier alpha value is -1.55. The summed E-state index contributed by atoms with van der Waals surface area (Å²) < 4.78 is 14.7. The molecule has 0 heterocycles. The van der Waals surface area contributed by atoms with Gasteiger partial charge in [-0.15, -0.1) is 0 Å². The Kier molecular flexibility index (Phi) is 4.65. The lowest BCUT2D eigenvalue weighted by molar-refractivity contribution is 0.599. The molecule has 0 fully saturated rings. The lowest BCUT2D eigenvalue weighted by Crippen LogP contribution is -2.11. The number of hydrogen-bond donors (Lipinski definition) is 1. The maximum absolute atomic E-state index is 13.9. The molecule has 4 heteroatoms. The summed E-state index contributed by atoms with van der Waals surface area (Å²) in [4.78, 5) is 2.04. The van der Waals surface area contributed by atoms with Gasteiger partial charge in [-0.05, 0) is 37.3 Å². The number of rotatable bonds is 4. The van der Waals surface area contributed by atoms with Crippen molar-refractivity contribution in [3.05, 3.63) is 58.3 Å². The first-order valence-corrected chi connectivity index (χ1v) is 7.25. The van der Waals surface area contributed by atoms with Crippen LogP contribution in [0.3, 0.4) is 0 Å². The summed E-state index contributed by atoms with van der Waals surface area (Å²) in [5, 5.41) is 3.33. The quantitative estimate of drug-likeness (QED) is 0.860. The highest BCUT2D eigenvalue weighted by Crippen LogP contribution is 2.25. The van der Waals surface area contributed by atoms with E-state index in [0.29, 0.717) is 5.56 Å². The number of halogens is 2. The van der Waals surface area contributed by atoms with Gasteiger partial charge in [0.2, 0.25) is 0 Å². The second-order valence-corrected chi connectivity index (χ2v) is 5.89. The van der Waals surface area contributed by atoms with E-state index in [1.807, 2.05) is 56.3 Å². The predicted molar refractivity (Wildman–Crippen MR) is 86.9 cm³/mol. The molecule has 20 heavy (non-hydrogen) atoms. The fourth-order valence-electron chi connectivity index (χ4n) is 2.05. The van der Waals surface area contributed by atoms with Crippen LogP contribution in [0.4, 0.5) is 15.8 Å². The summed E-state index contributed by atoms with van der Waals surface area (Å²) in [6, 6.07) is 13.1. The molecular formula is C16H18BrFN2. The van der Waals surface area contributed by atoms with E-state index in [0.717, 1.165) is 15.8 Å². The van der Waals surface area contributed by atoms with Crippen molar-refractivity contribution < 1.29 is 4.39 Å². The summed E-state index contributed by atoms with van der Waals surface area (Å²) in [6.07, 6.45) is 0. The molecule has 0 aliphatic rings. The Morgan fingerprint density at radius 2 is 1.90 bits per heavy atom. The summed E-state index contributed by atoms with van der Waals surface area (Å²) in [7, 11) is 3.99. The van der Waals surface area contributed by atoms with Crippen LogP contribution in [0.15, 0.2) is 46.9 Å². The molecule has 106 valence electrons. The molecule has 0 saturated carbocycles. The van der Waals surface area contributed by atoms with Crippen molar-refractivity contribution in [3.63, 3.8) is 0 Å². The van der Waals surface area contributed by atoms with Crippen molar-refractivity contribution in [1.29, 1.82) is 0 Å². The zero-order valence-corrected chi connectivity index (χ0v) is 13.4. The Balaban J connectivity index is 2.19. The van der Waals surface area contributed by atoms with E-state index in [9.17, 15) is 4.39 Å². The van der Waals surface area contributed by atoms with E-state index in [2.05, 4.69) is 21.2 Å². The molecule has 0 saturated heterocycles. The standard InChI is InChI=1S/C16H18BrFN2/c1-11(15-8-7-12(17)9-16(15)18)19-13-5-4-6-14(10-13)20(2)3/h4-11,19H,1-3H3. The van der Waals surface area contributed by atoms with Crippen molar-refractivity contribution >= 4 is 27.3 Å². The van der Waals surface area contributed by atoms with Crippen molar-refractivity contribution in [1.82, 2.24) is 0 Å². The minimum absolute atomic E-state index is 0.0967. The molecule has 0 amide bonds. The fraction of sp³-hybridized carbons (Fsp3) is 0.250. The third-order valence-electron chi connectivity index (χ3n) is 3.17. The van der Waals surface area contributed by atoms with Crippen LogP contribution in [-0.4, -0.2) is 14.1 Å². The maximum atomic E-state index is 13.9. The Labute approximate surface area is 127 Å². The molecule has 0 aliphatic heterocycles. The molecule has 2 nitrogen and oxygen atoms in total. The van der Waals surface area contributed by atoms with Gasteiger partial charge in [0, 0.05) is 35.5 Å². The molecule has 2 rings (SSSR count). The first-order valence-electron chi connectivity index (χ1n) is 6.46. The van der Waals surface area contributed by atoms with Crippen LogP contribution in [0.2, 0.25) is 0 Å². The number of nitrogens with zero attached hydrogens (tertiary/aromatic N) is 1. The summed E-state index contributed by atoms with van der Waals surface area (Å²) in [5.41, 5.74) is 2.74. The third-order valence-corrected chi connectivity index (χ3v) is 3.67. The molecule has 1 unspecified atom stereocenters. The van der Waals surface area contributed by atoms with Crippen molar-refractivity contribution in [2.45, 2.75) is 13.0 Å². The molecule has 1 N–H and O–H groups in total. The van der Waals surface area contributed by atoms with Crippen LogP contribution in [0, 0.1) is 5.82 Å².